The highest BCUT2D eigenvalue weighted by molar-refractivity contribution is 5.95. The average molecular weight is 447 g/mol. The maximum absolute atomic E-state index is 12.7. The lowest BCUT2D eigenvalue weighted by atomic mass is 10.1. The lowest BCUT2D eigenvalue weighted by molar-refractivity contribution is -0.142. The van der Waals surface area contributed by atoms with Gasteiger partial charge in [0.15, 0.2) is 0 Å². The molecule has 0 saturated heterocycles. The summed E-state index contributed by atoms with van der Waals surface area (Å²) in [6.45, 7) is 2.91. The van der Waals surface area contributed by atoms with Gasteiger partial charge in [0.1, 0.15) is 17.8 Å². The van der Waals surface area contributed by atoms with Crippen LogP contribution in [-0.2, 0) is 6.54 Å². The molecule has 0 amide bonds. The highest BCUT2D eigenvalue weighted by Crippen LogP contribution is 2.41. The van der Waals surface area contributed by atoms with Gasteiger partial charge in [-0.2, -0.15) is 18.3 Å². The molecule has 0 unspecified atom stereocenters. The molecule has 32 heavy (non-hydrogen) atoms. The lowest BCUT2D eigenvalue weighted by Crippen LogP contribution is -2.17. The van der Waals surface area contributed by atoms with Crippen LogP contribution in [0.4, 0.5) is 13.2 Å². The third-order valence-corrected chi connectivity index (χ3v) is 4.79. The molecule has 0 bridgehead atoms. The van der Waals surface area contributed by atoms with Crippen molar-refractivity contribution >= 4 is 10.9 Å². The molecule has 8 nitrogen and oxygen atoms in total. The molecule has 0 saturated carbocycles. The van der Waals surface area contributed by atoms with Crippen molar-refractivity contribution in [3.63, 3.8) is 0 Å². The number of pyridine rings is 2. The minimum absolute atomic E-state index is 0.169. The van der Waals surface area contributed by atoms with E-state index in [1.807, 2.05) is 6.92 Å². The zero-order chi connectivity index (χ0) is 23.0. The van der Waals surface area contributed by atoms with E-state index in [2.05, 4.69) is 15.1 Å². The summed E-state index contributed by atoms with van der Waals surface area (Å²) in [7, 11) is 1.39. The first-order valence-electron chi connectivity index (χ1n) is 9.68. The van der Waals surface area contributed by atoms with Gasteiger partial charge in [-0.3, -0.25) is 9.67 Å². The van der Waals surface area contributed by atoms with Crippen LogP contribution in [0.3, 0.4) is 0 Å². The van der Waals surface area contributed by atoms with Gasteiger partial charge in [-0.1, -0.05) is 0 Å². The minimum atomic E-state index is -4.42. The van der Waals surface area contributed by atoms with Crippen molar-refractivity contribution in [3.8, 4) is 34.5 Å². The van der Waals surface area contributed by atoms with Crippen LogP contribution >= 0.6 is 0 Å². The van der Waals surface area contributed by atoms with Crippen LogP contribution in [0.1, 0.15) is 12.5 Å². The molecule has 0 aliphatic rings. The fourth-order valence-electron chi connectivity index (χ4n) is 3.54. The predicted molar refractivity (Wildman–Crippen MR) is 110 cm³/mol. The molecule has 0 atom stereocenters. The van der Waals surface area contributed by atoms with Crippen molar-refractivity contribution < 1.29 is 27.8 Å². The van der Waals surface area contributed by atoms with Crippen molar-refractivity contribution in [1.82, 2.24) is 24.3 Å². The highest BCUT2D eigenvalue weighted by atomic mass is 19.4. The summed E-state index contributed by atoms with van der Waals surface area (Å²) in [6.07, 6.45) is 1.22. The number of halogens is 3. The van der Waals surface area contributed by atoms with Crippen LogP contribution in [0.25, 0.3) is 27.8 Å². The largest absolute Gasteiger partial charge is 0.494 e. The molecule has 0 radical (unpaired) electrons. The molecule has 0 aliphatic carbocycles. The molecule has 168 valence electrons. The highest BCUT2D eigenvalue weighted by Gasteiger charge is 2.29. The summed E-state index contributed by atoms with van der Waals surface area (Å²) in [5.41, 5.74) is 2.54. The van der Waals surface area contributed by atoms with E-state index in [1.54, 1.807) is 31.5 Å². The number of nitrogens with zero attached hydrogens (tertiary/aromatic N) is 5. The summed E-state index contributed by atoms with van der Waals surface area (Å²) >= 11 is 0. The number of aromatic hydroxyl groups is 1. The Morgan fingerprint density at radius 3 is 2.62 bits per heavy atom. The summed E-state index contributed by atoms with van der Waals surface area (Å²) in [4.78, 5) is 8.82. The number of aromatic nitrogens is 5. The molecule has 0 aliphatic heterocycles. The zero-order valence-corrected chi connectivity index (χ0v) is 17.5. The summed E-state index contributed by atoms with van der Waals surface area (Å²) in [5, 5.41) is 15.1. The zero-order valence-electron chi connectivity index (χ0n) is 17.5. The van der Waals surface area contributed by atoms with Crippen LogP contribution in [0.15, 0.2) is 36.9 Å². The number of methoxy groups -OCH3 is 1. The summed E-state index contributed by atoms with van der Waals surface area (Å²) in [6, 6.07) is 3.58. The first-order chi connectivity index (χ1) is 15.2. The van der Waals surface area contributed by atoms with Gasteiger partial charge in [0, 0.05) is 18.0 Å². The second-order valence-corrected chi connectivity index (χ2v) is 7.07. The van der Waals surface area contributed by atoms with Gasteiger partial charge in [0.2, 0.25) is 11.8 Å². The number of fused-ring (bicyclic) bond motifs is 1. The van der Waals surface area contributed by atoms with E-state index in [0.29, 0.717) is 40.1 Å². The van der Waals surface area contributed by atoms with E-state index in [9.17, 15) is 18.3 Å². The molecule has 4 heterocycles. The smallest absolute Gasteiger partial charge is 0.408 e. The number of hydrogen-bond acceptors (Lipinski definition) is 6. The number of alkyl halides is 3. The first-order valence-corrected chi connectivity index (χ1v) is 9.68. The first kappa shape index (κ1) is 21.5. The third-order valence-electron chi connectivity index (χ3n) is 4.79. The standard InChI is InChI=1S/C21H20F3N5O3/c1-4-32-15-6-13(7-25-9-15)16-5-12(2)17-18(27-16)20(31-3)29(19(17)30)14-8-26-28(10-14)11-21(22,23)24/h5-10,30H,4,11H2,1-3H3. The van der Waals surface area contributed by atoms with Crippen molar-refractivity contribution in [3.05, 3.63) is 42.5 Å². The SMILES string of the molecule is CCOc1cncc(-c2cc(C)c3c(O)n(-c4cnn(CC(F)(F)F)c4)c(OC)c3n2)c1. The molecular formula is C21H20F3N5O3. The van der Waals surface area contributed by atoms with E-state index in [0.717, 1.165) is 4.68 Å². The molecule has 0 aromatic carbocycles. The van der Waals surface area contributed by atoms with Crippen LogP contribution in [0, 0.1) is 6.92 Å². The van der Waals surface area contributed by atoms with Gasteiger partial charge < -0.3 is 14.6 Å². The van der Waals surface area contributed by atoms with Crippen LogP contribution in [0.5, 0.6) is 17.5 Å². The van der Waals surface area contributed by atoms with Gasteiger partial charge in [-0.15, -0.1) is 0 Å². The van der Waals surface area contributed by atoms with Crippen molar-refractivity contribution in [2.45, 2.75) is 26.6 Å². The Morgan fingerprint density at radius 2 is 1.94 bits per heavy atom. The Bertz CT molecular complexity index is 1280. The Morgan fingerprint density at radius 1 is 1.16 bits per heavy atom. The molecule has 11 heteroatoms. The van der Waals surface area contributed by atoms with Crippen LogP contribution in [0.2, 0.25) is 0 Å². The van der Waals surface area contributed by atoms with Gasteiger partial charge in [0.25, 0.3) is 0 Å². The Hall–Kier alpha value is -3.76. The van der Waals surface area contributed by atoms with E-state index in [-0.39, 0.29) is 17.4 Å². The van der Waals surface area contributed by atoms with E-state index >= 15 is 0 Å². The van der Waals surface area contributed by atoms with Crippen molar-refractivity contribution in [2.75, 3.05) is 13.7 Å². The molecule has 4 rings (SSSR count). The average Bonchev–Trinajstić information content (AvgIpc) is 3.28. The number of rotatable bonds is 6. The molecule has 0 fully saturated rings. The Kier molecular flexibility index (Phi) is 5.41. The second-order valence-electron chi connectivity index (χ2n) is 7.07. The topological polar surface area (TPSA) is 87.2 Å². The number of ether oxygens (including phenoxy) is 2. The van der Waals surface area contributed by atoms with Gasteiger partial charge in [0.05, 0.1) is 42.9 Å². The van der Waals surface area contributed by atoms with Gasteiger partial charge in [-0.05, 0) is 31.5 Å². The maximum Gasteiger partial charge on any atom is 0.408 e. The summed E-state index contributed by atoms with van der Waals surface area (Å²) < 4.78 is 51.2. The normalized spacial score (nSPS) is 11.8. The minimum Gasteiger partial charge on any atom is -0.494 e. The van der Waals surface area contributed by atoms with E-state index in [4.69, 9.17) is 9.47 Å². The molecule has 4 aromatic heterocycles. The molecular weight excluding hydrogens is 427 g/mol. The van der Waals surface area contributed by atoms with Crippen molar-refractivity contribution in [1.29, 1.82) is 0 Å². The lowest BCUT2D eigenvalue weighted by Gasteiger charge is -2.08. The Labute approximate surface area is 180 Å². The monoisotopic (exact) mass is 447 g/mol. The second kappa shape index (κ2) is 8.06. The molecule has 0 spiro atoms. The quantitative estimate of drug-likeness (QED) is 0.475. The van der Waals surface area contributed by atoms with Gasteiger partial charge >= 0.3 is 6.18 Å². The van der Waals surface area contributed by atoms with Gasteiger partial charge in [-0.25, -0.2) is 9.55 Å². The Balaban J connectivity index is 1.86. The van der Waals surface area contributed by atoms with E-state index < -0.39 is 12.7 Å². The van der Waals surface area contributed by atoms with E-state index in [1.165, 1.54) is 24.1 Å². The van der Waals surface area contributed by atoms with Crippen molar-refractivity contribution in [2.24, 2.45) is 0 Å². The maximum atomic E-state index is 12.7. The summed E-state index contributed by atoms with van der Waals surface area (Å²) in [5.74, 6) is 0.554. The third kappa shape index (κ3) is 3.93. The number of hydrogen-bond donors (Lipinski definition) is 1. The fourth-order valence-corrected chi connectivity index (χ4v) is 3.54. The van der Waals surface area contributed by atoms with Crippen LogP contribution in [-0.4, -0.2) is 49.3 Å². The fraction of sp³-hybridized carbons (Fsp3) is 0.286. The number of aryl methyl sites for hydroxylation is 1. The predicted octanol–water partition coefficient (Wildman–Crippen LogP) is 4.27. The van der Waals surface area contributed by atoms with Crippen LogP contribution < -0.4 is 9.47 Å². The molecule has 1 N–H and O–H groups in total. The molecule has 4 aromatic rings.